The Morgan fingerprint density at radius 2 is 1.81 bits per heavy atom. The number of methoxy groups -OCH3 is 1. The number of hydrogen-bond donors (Lipinski definition) is 1. The number of carbonyl (C=O) groups excluding carboxylic acids is 3. The van der Waals surface area contributed by atoms with Crippen molar-refractivity contribution in [3.63, 3.8) is 0 Å². The largest absolute Gasteiger partial charge is 0.467 e. The van der Waals surface area contributed by atoms with Crippen LogP contribution in [0.1, 0.15) is 38.3 Å². The second-order valence-electron chi connectivity index (χ2n) is 7.72. The average Bonchev–Trinajstić information content (AvgIpc) is 2.89. The van der Waals surface area contributed by atoms with E-state index in [1.54, 1.807) is 24.3 Å². The van der Waals surface area contributed by atoms with Crippen molar-refractivity contribution in [2.24, 2.45) is 5.92 Å². The molecule has 27 heavy (non-hydrogen) atoms. The maximum Gasteiger partial charge on any atom is 0.333 e. The van der Waals surface area contributed by atoms with Crippen molar-refractivity contribution in [2.45, 2.75) is 38.3 Å². The van der Waals surface area contributed by atoms with Gasteiger partial charge in [-0.25, -0.2) is 14.5 Å². The highest BCUT2D eigenvalue weighted by molar-refractivity contribution is 6.09. The fraction of sp³-hybridized carbons (Fsp3) is 0.550. The van der Waals surface area contributed by atoms with E-state index >= 15 is 0 Å². The number of urea groups is 1. The molecule has 3 amide bonds. The van der Waals surface area contributed by atoms with Gasteiger partial charge in [0.1, 0.15) is 5.54 Å². The van der Waals surface area contributed by atoms with Crippen molar-refractivity contribution in [1.82, 2.24) is 15.1 Å². The highest BCUT2D eigenvalue weighted by Gasteiger charge is 2.55. The Morgan fingerprint density at radius 1 is 1.19 bits per heavy atom. The Balaban J connectivity index is 1.84. The minimum atomic E-state index is -1.07. The number of benzene rings is 1. The summed E-state index contributed by atoms with van der Waals surface area (Å²) in [5.41, 5.74) is -0.367. The van der Waals surface area contributed by atoms with Crippen molar-refractivity contribution in [1.29, 1.82) is 0 Å². The molecule has 1 N–H and O–H groups in total. The molecule has 0 bridgehead atoms. The summed E-state index contributed by atoms with van der Waals surface area (Å²) in [5.74, 6) is -0.416. The summed E-state index contributed by atoms with van der Waals surface area (Å²) in [7, 11) is 1.26. The van der Waals surface area contributed by atoms with Crippen LogP contribution in [0.3, 0.4) is 0 Å². The summed E-state index contributed by atoms with van der Waals surface area (Å²) in [4.78, 5) is 41.8. The molecular formula is C20H27N3O4. The van der Waals surface area contributed by atoms with Crippen LogP contribution in [-0.2, 0) is 14.3 Å². The number of likely N-dealkylation sites (tertiary alicyclic amines) is 1. The first-order valence-corrected chi connectivity index (χ1v) is 9.39. The number of nitrogens with one attached hydrogen (secondary N) is 1. The van der Waals surface area contributed by atoms with Crippen molar-refractivity contribution < 1.29 is 19.1 Å². The van der Waals surface area contributed by atoms with E-state index in [2.05, 4.69) is 24.1 Å². The Morgan fingerprint density at radius 3 is 2.37 bits per heavy atom. The number of nitrogens with zero attached hydrogens (tertiary/aromatic N) is 2. The number of hydrogen-bond acceptors (Lipinski definition) is 5. The molecule has 2 aliphatic rings. The minimum absolute atomic E-state index is 0.337. The average molecular weight is 373 g/mol. The Labute approximate surface area is 159 Å². The van der Waals surface area contributed by atoms with Gasteiger partial charge in [0.15, 0.2) is 6.04 Å². The van der Waals surface area contributed by atoms with Crippen molar-refractivity contribution in [2.75, 3.05) is 26.7 Å². The first kappa shape index (κ1) is 19.4. The lowest BCUT2D eigenvalue weighted by Gasteiger charge is -2.38. The molecule has 1 spiro atoms. The molecule has 0 saturated carbocycles. The van der Waals surface area contributed by atoms with Gasteiger partial charge in [-0.1, -0.05) is 44.2 Å². The smallest absolute Gasteiger partial charge is 0.333 e. The van der Waals surface area contributed by atoms with Crippen molar-refractivity contribution >= 4 is 17.9 Å². The highest BCUT2D eigenvalue weighted by atomic mass is 16.5. The van der Waals surface area contributed by atoms with Crippen LogP contribution in [0, 0.1) is 5.92 Å². The van der Waals surface area contributed by atoms with Gasteiger partial charge in [0.25, 0.3) is 5.91 Å². The molecular weight excluding hydrogens is 346 g/mol. The SMILES string of the molecule is COC(=O)C(c1ccccc1)N1C(=O)NC2(CCN(CC(C)C)CC2)C1=O. The molecule has 0 radical (unpaired) electrons. The van der Waals surface area contributed by atoms with E-state index in [9.17, 15) is 14.4 Å². The minimum Gasteiger partial charge on any atom is -0.467 e. The molecule has 2 saturated heterocycles. The van der Waals surface area contributed by atoms with Crippen molar-refractivity contribution in [3.8, 4) is 0 Å². The first-order valence-electron chi connectivity index (χ1n) is 9.39. The lowest BCUT2D eigenvalue weighted by molar-refractivity contribution is -0.151. The van der Waals surface area contributed by atoms with E-state index in [0.717, 1.165) is 24.5 Å². The normalized spacial score (nSPS) is 20.8. The molecule has 146 valence electrons. The highest BCUT2D eigenvalue weighted by Crippen LogP contribution is 2.35. The van der Waals surface area contributed by atoms with Crippen LogP contribution >= 0.6 is 0 Å². The third kappa shape index (κ3) is 3.69. The fourth-order valence-electron chi connectivity index (χ4n) is 3.99. The topological polar surface area (TPSA) is 79.0 Å². The van der Waals surface area contributed by atoms with E-state index < -0.39 is 23.6 Å². The lowest BCUT2D eigenvalue weighted by Crippen LogP contribution is -2.55. The number of carbonyl (C=O) groups is 3. The maximum atomic E-state index is 13.3. The number of rotatable bonds is 5. The summed E-state index contributed by atoms with van der Waals surface area (Å²) in [6.45, 7) is 6.78. The van der Waals surface area contributed by atoms with Crippen LogP contribution in [0.15, 0.2) is 30.3 Å². The van der Waals surface area contributed by atoms with E-state index in [0.29, 0.717) is 24.3 Å². The van der Waals surface area contributed by atoms with Gasteiger partial charge < -0.3 is 15.0 Å². The van der Waals surface area contributed by atoms with Crippen LogP contribution in [-0.4, -0.2) is 60.0 Å². The second-order valence-corrected chi connectivity index (χ2v) is 7.72. The summed E-state index contributed by atoms with van der Waals surface area (Å²) in [5, 5.41) is 2.88. The summed E-state index contributed by atoms with van der Waals surface area (Å²) >= 11 is 0. The van der Waals surface area contributed by atoms with E-state index in [1.807, 2.05) is 6.07 Å². The quantitative estimate of drug-likeness (QED) is 0.630. The molecule has 0 aliphatic carbocycles. The van der Waals surface area contributed by atoms with Crippen LogP contribution in [0.5, 0.6) is 0 Å². The summed E-state index contributed by atoms with van der Waals surface area (Å²) < 4.78 is 4.89. The molecule has 7 heteroatoms. The van der Waals surface area contributed by atoms with E-state index in [1.165, 1.54) is 7.11 Å². The van der Waals surface area contributed by atoms with Gasteiger partial charge in [-0.2, -0.15) is 0 Å². The van der Waals surface area contributed by atoms with Crippen molar-refractivity contribution in [3.05, 3.63) is 35.9 Å². The predicted molar refractivity (Wildman–Crippen MR) is 99.8 cm³/mol. The molecule has 7 nitrogen and oxygen atoms in total. The van der Waals surface area contributed by atoms with E-state index in [4.69, 9.17) is 4.74 Å². The number of piperidine rings is 1. The number of imide groups is 1. The summed E-state index contributed by atoms with van der Waals surface area (Å²) in [6.07, 6.45) is 1.09. The van der Waals surface area contributed by atoms with Gasteiger partial charge in [0.05, 0.1) is 7.11 Å². The molecule has 3 rings (SSSR count). The third-order valence-electron chi connectivity index (χ3n) is 5.32. The van der Waals surface area contributed by atoms with Gasteiger partial charge in [-0.15, -0.1) is 0 Å². The van der Waals surface area contributed by atoms with Gasteiger partial charge in [0, 0.05) is 19.6 Å². The Hall–Kier alpha value is -2.41. The zero-order valence-electron chi connectivity index (χ0n) is 16.1. The van der Waals surface area contributed by atoms with Crippen LogP contribution in [0.4, 0.5) is 4.79 Å². The molecule has 1 aromatic rings. The fourth-order valence-corrected chi connectivity index (χ4v) is 3.99. The standard InChI is InChI=1S/C20H27N3O4/c1-14(2)13-22-11-9-20(10-12-22)18(25)23(19(26)21-20)16(17(24)27-3)15-7-5-4-6-8-15/h4-8,14,16H,9-13H2,1-3H3,(H,21,26). The first-order chi connectivity index (χ1) is 12.9. The molecule has 1 atom stereocenters. The lowest BCUT2D eigenvalue weighted by atomic mass is 9.86. The second kappa shape index (κ2) is 7.68. The van der Waals surface area contributed by atoms with Gasteiger partial charge >= 0.3 is 12.0 Å². The predicted octanol–water partition coefficient (Wildman–Crippen LogP) is 1.94. The maximum absolute atomic E-state index is 13.3. The molecule has 1 aromatic carbocycles. The third-order valence-corrected chi connectivity index (χ3v) is 5.32. The molecule has 1 unspecified atom stereocenters. The van der Waals surface area contributed by atoms with Crippen LogP contribution < -0.4 is 5.32 Å². The van der Waals surface area contributed by atoms with Gasteiger partial charge in [-0.3, -0.25) is 4.79 Å². The van der Waals surface area contributed by atoms with Crippen LogP contribution in [0.25, 0.3) is 0 Å². The Bertz CT molecular complexity index is 711. The number of esters is 1. The Kier molecular flexibility index (Phi) is 5.51. The van der Waals surface area contributed by atoms with Crippen LogP contribution in [0.2, 0.25) is 0 Å². The zero-order chi connectivity index (χ0) is 19.6. The zero-order valence-corrected chi connectivity index (χ0v) is 16.1. The monoisotopic (exact) mass is 373 g/mol. The van der Waals surface area contributed by atoms with Gasteiger partial charge in [-0.05, 0) is 24.3 Å². The van der Waals surface area contributed by atoms with Gasteiger partial charge in [0.2, 0.25) is 0 Å². The molecule has 2 heterocycles. The molecule has 0 aromatic heterocycles. The summed E-state index contributed by atoms with van der Waals surface area (Å²) in [6, 6.07) is 7.19. The number of ether oxygens (including phenoxy) is 1. The molecule has 2 aliphatic heterocycles. The number of amides is 3. The van der Waals surface area contributed by atoms with E-state index in [-0.39, 0.29) is 5.91 Å². The molecule has 2 fully saturated rings.